The highest BCUT2D eigenvalue weighted by Gasteiger charge is 2.32. The van der Waals surface area contributed by atoms with Crippen molar-refractivity contribution in [2.45, 2.75) is 18.8 Å². The zero-order valence-electron chi connectivity index (χ0n) is 39.0. The van der Waals surface area contributed by atoms with Crippen LogP contribution in [0.15, 0.2) is 227 Å². The SMILES string of the molecule is CC1c2ccc(-c3ccc4c(c3)sc3ccc(-c5ccc6oc7cccc(-c8nc(-c9ccccc9)nc(-c9ccc%10oc%11ccccc%11c%10c9)n8)c7c6c5)cc34)cc2-c2ccccc2C1c1ccccc1. The van der Waals surface area contributed by atoms with Crippen LogP contribution in [0.2, 0.25) is 0 Å². The molecule has 2 atom stereocenters. The molecule has 1 aliphatic carbocycles. The molecule has 4 heterocycles. The Balaban J connectivity index is 0.807. The summed E-state index contributed by atoms with van der Waals surface area (Å²) in [6.07, 6.45) is 0. The van der Waals surface area contributed by atoms with E-state index in [0.717, 1.165) is 71.7 Å². The molecule has 0 spiro atoms. The third-order valence-corrected chi connectivity index (χ3v) is 16.1. The second-order valence-corrected chi connectivity index (χ2v) is 20.1. The monoisotopic (exact) mass is 939 g/mol. The van der Waals surface area contributed by atoms with Gasteiger partial charge < -0.3 is 8.83 Å². The number of fused-ring (bicyclic) bond motifs is 12. The lowest BCUT2D eigenvalue weighted by Crippen LogP contribution is -2.16. The summed E-state index contributed by atoms with van der Waals surface area (Å²) in [4.78, 5) is 15.5. The van der Waals surface area contributed by atoms with Gasteiger partial charge in [-0.2, -0.15) is 0 Å². The first-order valence-electron chi connectivity index (χ1n) is 24.5. The van der Waals surface area contributed by atoms with Crippen molar-refractivity contribution in [3.8, 4) is 67.5 Å². The normalized spacial score (nSPS) is 14.5. The summed E-state index contributed by atoms with van der Waals surface area (Å²) >= 11 is 1.86. The Morgan fingerprint density at radius 1 is 0.347 bits per heavy atom. The van der Waals surface area contributed by atoms with Crippen molar-refractivity contribution in [2.75, 3.05) is 0 Å². The van der Waals surface area contributed by atoms with Crippen LogP contribution in [0.1, 0.15) is 35.4 Å². The quantitative estimate of drug-likeness (QED) is 0.166. The average molecular weight is 940 g/mol. The molecule has 5 nitrogen and oxygen atoms in total. The number of nitrogens with zero attached hydrogens (tertiary/aromatic N) is 3. The third-order valence-electron chi connectivity index (χ3n) is 15.0. The van der Waals surface area contributed by atoms with Crippen LogP contribution in [0.5, 0.6) is 0 Å². The highest BCUT2D eigenvalue weighted by Crippen LogP contribution is 2.51. The van der Waals surface area contributed by atoms with E-state index in [0.29, 0.717) is 29.3 Å². The summed E-state index contributed by atoms with van der Waals surface area (Å²) in [5.41, 5.74) is 17.5. The van der Waals surface area contributed by atoms with Gasteiger partial charge in [0.15, 0.2) is 17.5 Å². The van der Waals surface area contributed by atoms with E-state index < -0.39 is 0 Å². The molecule has 0 saturated heterocycles. The standard InChI is InChI=1S/C66H41N3O2S/c1-38-46-28-23-41(33-52(46)47-17-8-9-19-50(47)62(38)39-13-4-2-5-14-39)44-24-29-49-54-34-43(27-32-60(54)72-61(49)37-44)42-25-30-58-55(35-42)63-51(20-12-22-59(63)71-58)66-68-64(40-15-6-3-7-16-40)67-65(69-66)45-26-31-57-53(36-45)48-18-10-11-21-56(48)70-57/h2-38,62H,1H3. The molecule has 14 aromatic rings. The number of benzene rings is 10. The van der Waals surface area contributed by atoms with Gasteiger partial charge in [-0.25, -0.2) is 15.0 Å². The van der Waals surface area contributed by atoms with Crippen molar-refractivity contribution < 1.29 is 8.83 Å². The fourth-order valence-electron chi connectivity index (χ4n) is 11.5. The molecule has 0 saturated carbocycles. The number of rotatable bonds is 6. The van der Waals surface area contributed by atoms with Crippen LogP contribution >= 0.6 is 11.3 Å². The second-order valence-electron chi connectivity index (χ2n) is 19.1. The minimum Gasteiger partial charge on any atom is -0.456 e. The lowest BCUT2D eigenvalue weighted by molar-refractivity contribution is 0.649. The van der Waals surface area contributed by atoms with Gasteiger partial charge in [0.25, 0.3) is 0 Å². The minimum absolute atomic E-state index is 0.320. The van der Waals surface area contributed by atoms with Gasteiger partial charge in [0, 0.05) is 64.3 Å². The van der Waals surface area contributed by atoms with E-state index >= 15 is 0 Å². The Morgan fingerprint density at radius 2 is 0.944 bits per heavy atom. The Hall–Kier alpha value is -8.97. The van der Waals surface area contributed by atoms with Gasteiger partial charge in [0.1, 0.15) is 22.3 Å². The van der Waals surface area contributed by atoms with E-state index in [2.05, 4.69) is 153 Å². The van der Waals surface area contributed by atoms with Crippen LogP contribution in [0.3, 0.4) is 0 Å². The molecule has 72 heavy (non-hydrogen) atoms. The van der Waals surface area contributed by atoms with Crippen molar-refractivity contribution in [3.05, 3.63) is 235 Å². The van der Waals surface area contributed by atoms with Crippen LogP contribution in [0, 0.1) is 0 Å². The van der Waals surface area contributed by atoms with Crippen LogP contribution in [0.25, 0.3) is 132 Å². The molecule has 0 radical (unpaired) electrons. The first-order chi connectivity index (χ1) is 35.6. The van der Waals surface area contributed by atoms with E-state index in [1.165, 1.54) is 59.1 Å². The molecule has 10 aromatic carbocycles. The summed E-state index contributed by atoms with van der Waals surface area (Å²) in [6.45, 7) is 2.39. The van der Waals surface area contributed by atoms with Gasteiger partial charge >= 0.3 is 0 Å². The maximum Gasteiger partial charge on any atom is 0.164 e. The van der Waals surface area contributed by atoms with E-state index in [4.69, 9.17) is 23.8 Å². The fraction of sp³-hybridized carbons (Fsp3) is 0.0455. The molecule has 4 aromatic heterocycles. The minimum atomic E-state index is 0.320. The first-order valence-corrected chi connectivity index (χ1v) is 25.3. The van der Waals surface area contributed by atoms with Crippen LogP contribution in [-0.4, -0.2) is 15.0 Å². The summed E-state index contributed by atoms with van der Waals surface area (Å²) in [7, 11) is 0. The highest BCUT2D eigenvalue weighted by atomic mass is 32.1. The van der Waals surface area contributed by atoms with Gasteiger partial charge in [0.2, 0.25) is 0 Å². The summed E-state index contributed by atoms with van der Waals surface area (Å²) in [6, 6.07) is 78.0. The van der Waals surface area contributed by atoms with Crippen LogP contribution in [0.4, 0.5) is 0 Å². The number of thiophene rings is 1. The average Bonchev–Trinajstić information content (AvgIpc) is 4.14. The third kappa shape index (κ3) is 6.49. The molecule has 1 aliphatic rings. The van der Waals surface area contributed by atoms with Gasteiger partial charge in [-0.05, 0) is 123 Å². The van der Waals surface area contributed by atoms with Gasteiger partial charge in [-0.15, -0.1) is 11.3 Å². The first kappa shape index (κ1) is 40.9. The van der Waals surface area contributed by atoms with Gasteiger partial charge in [0.05, 0.1) is 0 Å². The molecular weight excluding hydrogens is 899 g/mol. The number of aromatic nitrogens is 3. The molecule has 0 amide bonds. The molecule has 6 heteroatoms. The van der Waals surface area contributed by atoms with E-state index in [1.807, 2.05) is 84.1 Å². The van der Waals surface area contributed by atoms with Gasteiger partial charge in [-0.3, -0.25) is 0 Å². The number of hydrogen-bond acceptors (Lipinski definition) is 6. The van der Waals surface area contributed by atoms with Crippen LogP contribution in [-0.2, 0) is 0 Å². The Labute approximate surface area is 418 Å². The molecule has 0 bridgehead atoms. The van der Waals surface area contributed by atoms with E-state index in [9.17, 15) is 0 Å². The summed E-state index contributed by atoms with van der Waals surface area (Å²) in [5.74, 6) is 2.43. The van der Waals surface area contributed by atoms with E-state index in [-0.39, 0.29) is 0 Å². The Morgan fingerprint density at radius 3 is 1.82 bits per heavy atom. The van der Waals surface area contributed by atoms with Crippen LogP contribution < -0.4 is 0 Å². The predicted octanol–water partition coefficient (Wildman–Crippen LogP) is 18.3. The van der Waals surface area contributed by atoms with E-state index in [1.54, 1.807) is 0 Å². The van der Waals surface area contributed by atoms with Gasteiger partial charge in [-0.1, -0.05) is 159 Å². The molecular formula is C66H41N3O2S. The van der Waals surface area contributed by atoms with Crippen molar-refractivity contribution in [3.63, 3.8) is 0 Å². The summed E-state index contributed by atoms with van der Waals surface area (Å²) in [5, 5.41) is 6.56. The number of para-hydroxylation sites is 1. The zero-order chi connectivity index (χ0) is 47.4. The Kier molecular flexibility index (Phi) is 9.10. The predicted molar refractivity (Wildman–Crippen MR) is 297 cm³/mol. The molecule has 2 unspecified atom stereocenters. The molecule has 15 rings (SSSR count). The van der Waals surface area contributed by atoms with Crippen molar-refractivity contribution >= 4 is 75.4 Å². The number of furan rings is 2. The maximum absolute atomic E-state index is 6.57. The largest absolute Gasteiger partial charge is 0.456 e. The van der Waals surface area contributed by atoms with Crippen molar-refractivity contribution in [1.29, 1.82) is 0 Å². The smallest absolute Gasteiger partial charge is 0.164 e. The lowest BCUT2D eigenvalue weighted by atomic mass is 9.69. The van der Waals surface area contributed by atoms with Crippen molar-refractivity contribution in [2.24, 2.45) is 0 Å². The second kappa shape index (κ2) is 16.0. The van der Waals surface area contributed by atoms with Crippen molar-refractivity contribution in [1.82, 2.24) is 15.0 Å². The fourth-order valence-corrected chi connectivity index (χ4v) is 12.6. The zero-order valence-corrected chi connectivity index (χ0v) is 39.8. The number of hydrogen-bond donors (Lipinski definition) is 0. The highest BCUT2D eigenvalue weighted by molar-refractivity contribution is 7.25. The molecule has 0 N–H and O–H groups in total. The lowest BCUT2D eigenvalue weighted by Gasteiger charge is -2.34. The Bertz CT molecular complexity index is 4490. The maximum atomic E-state index is 6.57. The molecule has 0 fully saturated rings. The molecule has 338 valence electrons. The molecule has 0 aliphatic heterocycles. The topological polar surface area (TPSA) is 65.0 Å². The summed E-state index contributed by atoms with van der Waals surface area (Å²) < 4.78 is 15.3.